The van der Waals surface area contributed by atoms with Crippen LogP contribution >= 0.6 is 0 Å². The molecule has 2 fully saturated rings. The first-order valence-electron chi connectivity index (χ1n) is 6.67. The van der Waals surface area contributed by atoms with Crippen LogP contribution in [0.5, 0.6) is 0 Å². The van der Waals surface area contributed by atoms with E-state index < -0.39 is 5.97 Å². The Morgan fingerprint density at radius 3 is 2.12 bits per heavy atom. The maximum atomic E-state index is 11.6. The Morgan fingerprint density at radius 1 is 1.19 bits per heavy atom. The zero-order chi connectivity index (χ0) is 11.8. The molecule has 2 saturated carbocycles. The quantitative estimate of drug-likeness (QED) is 0.790. The summed E-state index contributed by atoms with van der Waals surface area (Å²) in [6.45, 7) is 4.53. The zero-order valence-corrected chi connectivity index (χ0v) is 10.6. The summed E-state index contributed by atoms with van der Waals surface area (Å²) in [5, 5.41) is 9.53. The number of rotatable bonds is 3. The van der Waals surface area contributed by atoms with Crippen LogP contribution in [-0.4, -0.2) is 11.1 Å². The van der Waals surface area contributed by atoms with Gasteiger partial charge in [0.15, 0.2) is 0 Å². The number of carboxylic acid groups (broad SMARTS) is 1. The van der Waals surface area contributed by atoms with E-state index in [0.29, 0.717) is 11.3 Å². The largest absolute Gasteiger partial charge is 0.481 e. The minimum absolute atomic E-state index is 0.360. The molecule has 0 atom stereocenters. The van der Waals surface area contributed by atoms with Crippen molar-refractivity contribution in [3.05, 3.63) is 0 Å². The van der Waals surface area contributed by atoms with Gasteiger partial charge in [0.25, 0.3) is 0 Å². The van der Waals surface area contributed by atoms with Crippen LogP contribution in [0.25, 0.3) is 0 Å². The Labute approximate surface area is 98.4 Å². The lowest BCUT2D eigenvalue weighted by molar-refractivity contribution is -0.154. The maximum absolute atomic E-state index is 11.6. The van der Waals surface area contributed by atoms with Gasteiger partial charge in [-0.3, -0.25) is 4.79 Å². The van der Waals surface area contributed by atoms with Crippen LogP contribution in [0.15, 0.2) is 0 Å². The predicted molar refractivity (Wildman–Crippen MR) is 64.3 cm³/mol. The van der Waals surface area contributed by atoms with Crippen molar-refractivity contribution in [3.8, 4) is 0 Å². The molecule has 0 amide bonds. The number of aliphatic carboxylic acids is 1. The van der Waals surface area contributed by atoms with Gasteiger partial charge in [-0.05, 0) is 43.4 Å². The number of hydrogen-bond donors (Lipinski definition) is 1. The molecular formula is C14H24O2. The number of hydrogen-bond acceptors (Lipinski definition) is 1. The van der Waals surface area contributed by atoms with Crippen molar-refractivity contribution in [2.45, 2.75) is 65.2 Å². The van der Waals surface area contributed by atoms with Gasteiger partial charge in [-0.2, -0.15) is 0 Å². The van der Waals surface area contributed by atoms with Gasteiger partial charge >= 0.3 is 5.97 Å². The molecule has 0 saturated heterocycles. The summed E-state index contributed by atoms with van der Waals surface area (Å²) >= 11 is 0. The smallest absolute Gasteiger partial charge is 0.309 e. The van der Waals surface area contributed by atoms with Gasteiger partial charge in [0.2, 0.25) is 0 Å². The Morgan fingerprint density at radius 2 is 1.75 bits per heavy atom. The minimum Gasteiger partial charge on any atom is -0.481 e. The first-order chi connectivity index (χ1) is 7.44. The third kappa shape index (κ3) is 2.26. The normalized spacial score (nSPS) is 28.4. The molecular weight excluding hydrogens is 200 g/mol. The van der Waals surface area contributed by atoms with E-state index in [-0.39, 0.29) is 5.41 Å². The fraction of sp³-hybridized carbons (Fsp3) is 0.929. The minimum atomic E-state index is -0.532. The van der Waals surface area contributed by atoms with Crippen molar-refractivity contribution in [2.24, 2.45) is 16.7 Å². The van der Waals surface area contributed by atoms with Gasteiger partial charge in [-0.15, -0.1) is 0 Å². The highest BCUT2D eigenvalue weighted by Crippen LogP contribution is 2.50. The highest BCUT2D eigenvalue weighted by Gasteiger charge is 2.45. The Hall–Kier alpha value is -0.530. The Bertz CT molecular complexity index is 266. The van der Waals surface area contributed by atoms with Gasteiger partial charge in [0.1, 0.15) is 0 Å². The SMILES string of the molecule is CC1(C)CCC(CC2CCC2)(C(=O)O)CC1. The predicted octanol–water partition coefficient (Wildman–Crippen LogP) is 3.85. The van der Waals surface area contributed by atoms with E-state index in [0.717, 1.165) is 32.1 Å². The van der Waals surface area contributed by atoms with Crippen LogP contribution in [0.3, 0.4) is 0 Å². The molecule has 2 aliphatic rings. The maximum Gasteiger partial charge on any atom is 0.309 e. The van der Waals surface area contributed by atoms with E-state index in [2.05, 4.69) is 13.8 Å². The molecule has 2 rings (SSSR count). The lowest BCUT2D eigenvalue weighted by Crippen LogP contribution is -2.40. The molecule has 0 aromatic rings. The molecule has 0 aromatic heterocycles. The van der Waals surface area contributed by atoms with Gasteiger partial charge in [0.05, 0.1) is 5.41 Å². The lowest BCUT2D eigenvalue weighted by atomic mass is 9.60. The van der Waals surface area contributed by atoms with E-state index in [4.69, 9.17) is 0 Å². The van der Waals surface area contributed by atoms with E-state index in [9.17, 15) is 9.90 Å². The van der Waals surface area contributed by atoms with Gasteiger partial charge in [0, 0.05) is 0 Å². The third-order valence-corrected chi connectivity index (χ3v) is 4.92. The van der Waals surface area contributed by atoms with Crippen LogP contribution in [0.2, 0.25) is 0 Å². The number of carboxylic acids is 1. The van der Waals surface area contributed by atoms with E-state index >= 15 is 0 Å². The molecule has 0 heterocycles. The molecule has 2 heteroatoms. The van der Waals surface area contributed by atoms with Crippen molar-refractivity contribution in [3.63, 3.8) is 0 Å². The van der Waals surface area contributed by atoms with Crippen molar-refractivity contribution in [2.75, 3.05) is 0 Å². The fourth-order valence-electron chi connectivity index (χ4n) is 3.16. The lowest BCUT2D eigenvalue weighted by Gasteiger charge is -2.43. The summed E-state index contributed by atoms with van der Waals surface area (Å²) in [6, 6.07) is 0. The Kier molecular flexibility index (Phi) is 3.02. The Balaban J connectivity index is 2.02. The third-order valence-electron chi connectivity index (χ3n) is 4.92. The van der Waals surface area contributed by atoms with Gasteiger partial charge in [-0.1, -0.05) is 33.1 Å². The van der Waals surface area contributed by atoms with Crippen LogP contribution in [0, 0.1) is 16.7 Å². The van der Waals surface area contributed by atoms with Gasteiger partial charge in [-0.25, -0.2) is 0 Å². The van der Waals surface area contributed by atoms with Crippen LogP contribution < -0.4 is 0 Å². The summed E-state index contributed by atoms with van der Waals surface area (Å²) in [5.74, 6) is 0.173. The van der Waals surface area contributed by atoms with Crippen molar-refractivity contribution < 1.29 is 9.90 Å². The monoisotopic (exact) mass is 224 g/mol. The summed E-state index contributed by atoms with van der Waals surface area (Å²) in [7, 11) is 0. The molecule has 2 nitrogen and oxygen atoms in total. The zero-order valence-electron chi connectivity index (χ0n) is 10.6. The summed E-state index contributed by atoms with van der Waals surface area (Å²) in [4.78, 5) is 11.6. The average Bonchev–Trinajstić information content (AvgIpc) is 2.14. The van der Waals surface area contributed by atoms with Crippen LogP contribution in [0.1, 0.15) is 65.2 Å². The molecule has 92 valence electrons. The van der Waals surface area contributed by atoms with E-state index in [1.54, 1.807) is 0 Å². The van der Waals surface area contributed by atoms with Crippen molar-refractivity contribution in [1.82, 2.24) is 0 Å². The first kappa shape index (κ1) is 11.9. The fourth-order valence-corrected chi connectivity index (χ4v) is 3.16. The van der Waals surface area contributed by atoms with Crippen molar-refractivity contribution in [1.29, 1.82) is 0 Å². The summed E-state index contributed by atoms with van der Waals surface area (Å²) < 4.78 is 0. The molecule has 0 aliphatic heterocycles. The van der Waals surface area contributed by atoms with E-state index in [1.807, 2.05) is 0 Å². The molecule has 1 N–H and O–H groups in total. The van der Waals surface area contributed by atoms with Crippen LogP contribution in [0.4, 0.5) is 0 Å². The molecule has 0 unspecified atom stereocenters. The standard InChI is InChI=1S/C14H24O2/c1-13(2)6-8-14(9-7-13,12(15)16)10-11-4-3-5-11/h11H,3-10H2,1-2H3,(H,15,16). The van der Waals surface area contributed by atoms with E-state index in [1.165, 1.54) is 19.3 Å². The number of carbonyl (C=O) groups is 1. The highest BCUT2D eigenvalue weighted by molar-refractivity contribution is 5.74. The second-order valence-electron chi connectivity index (χ2n) is 6.75. The van der Waals surface area contributed by atoms with Crippen molar-refractivity contribution >= 4 is 5.97 Å². The second-order valence-corrected chi connectivity index (χ2v) is 6.75. The molecule has 16 heavy (non-hydrogen) atoms. The molecule has 2 aliphatic carbocycles. The first-order valence-corrected chi connectivity index (χ1v) is 6.67. The molecule has 0 spiro atoms. The van der Waals surface area contributed by atoms with Gasteiger partial charge < -0.3 is 5.11 Å². The molecule has 0 bridgehead atoms. The van der Waals surface area contributed by atoms with Crippen LogP contribution in [-0.2, 0) is 4.79 Å². The summed E-state index contributed by atoms with van der Waals surface area (Å²) in [5.41, 5.74) is -0.0147. The topological polar surface area (TPSA) is 37.3 Å². The molecule has 0 aromatic carbocycles. The highest BCUT2D eigenvalue weighted by atomic mass is 16.4. The summed E-state index contributed by atoms with van der Waals surface area (Å²) in [6.07, 6.45) is 8.72. The average molecular weight is 224 g/mol. The second kappa shape index (κ2) is 4.05. The molecule has 0 radical (unpaired) electrons.